The van der Waals surface area contributed by atoms with E-state index in [1.165, 1.54) is 55.3 Å². The summed E-state index contributed by atoms with van der Waals surface area (Å²) in [5, 5.41) is 2.67. The first-order chi connectivity index (χ1) is 14.5. The van der Waals surface area contributed by atoms with Crippen molar-refractivity contribution in [1.29, 1.82) is 0 Å². The molecule has 0 bridgehead atoms. The average molecular weight is 504 g/mol. The van der Waals surface area contributed by atoms with Gasteiger partial charge in [-0.05, 0) is 31.9 Å². The van der Waals surface area contributed by atoms with E-state index in [1.807, 2.05) is 0 Å². The molecule has 4 rings (SSSR count). The van der Waals surface area contributed by atoms with Gasteiger partial charge in [-0.1, -0.05) is 56.0 Å². The zero-order valence-electron chi connectivity index (χ0n) is 20.7. The van der Waals surface area contributed by atoms with E-state index in [4.69, 9.17) is 0 Å². The number of hydrogen-bond donors (Lipinski definition) is 0. The number of hydrogen-bond acceptors (Lipinski definition) is 0. The number of allylic oxidation sites excluding steroid dienone is 4. The zero-order valence-corrected chi connectivity index (χ0v) is 24.2. The van der Waals surface area contributed by atoms with Gasteiger partial charge in [0.15, 0.2) is 0 Å². The topological polar surface area (TPSA) is 0 Å². The second kappa shape index (κ2) is 11.5. The van der Waals surface area contributed by atoms with Crippen molar-refractivity contribution in [1.82, 2.24) is 0 Å². The number of benzene rings is 2. The molecule has 2 heteroatoms. The van der Waals surface area contributed by atoms with Gasteiger partial charge in [0.2, 0.25) is 0 Å². The van der Waals surface area contributed by atoms with E-state index >= 15 is 0 Å². The summed E-state index contributed by atoms with van der Waals surface area (Å²) < 4.78 is 0. The van der Waals surface area contributed by atoms with Crippen molar-refractivity contribution < 1.29 is 23.3 Å². The van der Waals surface area contributed by atoms with Crippen LogP contribution in [0.4, 0.5) is 0 Å². The molecule has 0 saturated heterocycles. The quantitative estimate of drug-likeness (QED) is 0.230. The van der Waals surface area contributed by atoms with Crippen molar-refractivity contribution in [3.63, 3.8) is 0 Å². The monoisotopic (exact) mass is 502 g/mol. The normalized spacial score (nSPS) is 15.2. The fourth-order valence-corrected chi connectivity index (χ4v) is 3.80. The Morgan fingerprint density at radius 2 is 1.48 bits per heavy atom. The van der Waals surface area contributed by atoms with Crippen molar-refractivity contribution in [3.8, 4) is 11.1 Å². The van der Waals surface area contributed by atoms with Gasteiger partial charge in [0.25, 0.3) is 0 Å². The van der Waals surface area contributed by atoms with Gasteiger partial charge in [0, 0.05) is 0 Å². The van der Waals surface area contributed by atoms with Crippen molar-refractivity contribution in [2.24, 2.45) is 5.92 Å². The summed E-state index contributed by atoms with van der Waals surface area (Å²) in [6, 6.07) is 17.5. The number of fused-ring (bicyclic) bond motifs is 1. The van der Waals surface area contributed by atoms with Gasteiger partial charge in [0.05, 0.1) is 0 Å². The Bertz CT molecular complexity index is 1140. The Kier molecular flexibility index (Phi) is 9.59. The first-order valence-corrected chi connectivity index (χ1v) is 17.2. The Labute approximate surface area is 205 Å². The van der Waals surface area contributed by atoms with E-state index in [1.54, 1.807) is 23.3 Å². The SMILES string of the molecule is CC1=[C-]C(C)C(C)=C1C.C[Si](C)=[Zr+2].Cc1ccc(-c2c[cH-]c3ccccc23)c(C)c1C. The van der Waals surface area contributed by atoms with E-state index in [-0.39, 0.29) is 5.43 Å². The molecule has 3 aromatic rings. The van der Waals surface area contributed by atoms with Crippen LogP contribution in [0, 0.1) is 32.8 Å². The van der Waals surface area contributed by atoms with Crippen molar-refractivity contribution in [3.05, 3.63) is 88.0 Å². The Morgan fingerprint density at radius 3 is 2.00 bits per heavy atom. The van der Waals surface area contributed by atoms with Crippen LogP contribution in [0.25, 0.3) is 21.9 Å². The summed E-state index contributed by atoms with van der Waals surface area (Å²) in [6.07, 6.45) is 3.36. The molecule has 0 saturated carbocycles. The van der Waals surface area contributed by atoms with Crippen LogP contribution in [0.15, 0.2) is 65.3 Å². The van der Waals surface area contributed by atoms with Crippen LogP contribution in [0.2, 0.25) is 13.1 Å². The van der Waals surface area contributed by atoms with Gasteiger partial charge in [-0.3, -0.25) is 6.08 Å². The van der Waals surface area contributed by atoms with E-state index in [0.717, 1.165) is 0 Å². The molecule has 0 radical (unpaired) electrons. The summed E-state index contributed by atoms with van der Waals surface area (Å²) in [4.78, 5) is 0. The molecule has 0 spiro atoms. The van der Waals surface area contributed by atoms with Crippen molar-refractivity contribution in [2.45, 2.75) is 61.6 Å². The smallest absolute Gasteiger partial charge is 0.0393 e. The summed E-state index contributed by atoms with van der Waals surface area (Å²) in [7, 11) is 0. The fraction of sp³-hybridized carbons (Fsp3) is 0.345. The van der Waals surface area contributed by atoms with Crippen molar-refractivity contribution in [2.75, 3.05) is 0 Å². The molecule has 1 aliphatic rings. The van der Waals surface area contributed by atoms with Crippen molar-refractivity contribution >= 4 is 16.2 Å². The van der Waals surface area contributed by atoms with Gasteiger partial charge in [-0.15, -0.1) is 53.6 Å². The molecule has 1 unspecified atom stereocenters. The van der Waals surface area contributed by atoms with Crippen LogP contribution in [-0.4, -0.2) is 5.43 Å². The van der Waals surface area contributed by atoms with Crippen LogP contribution in [0.5, 0.6) is 0 Å². The molecule has 1 aliphatic carbocycles. The summed E-state index contributed by atoms with van der Waals surface area (Å²) in [5.41, 5.74) is 11.3. The fourth-order valence-electron chi connectivity index (χ4n) is 3.80. The largest absolute Gasteiger partial charge is 0.150 e. The molecule has 160 valence electrons. The molecule has 31 heavy (non-hydrogen) atoms. The minimum Gasteiger partial charge on any atom is -0.150 e. The summed E-state index contributed by atoms with van der Waals surface area (Å²) in [6.45, 7) is 19.9. The third kappa shape index (κ3) is 6.56. The van der Waals surface area contributed by atoms with Crippen LogP contribution < -0.4 is 0 Å². The van der Waals surface area contributed by atoms with E-state index in [2.05, 4.69) is 116 Å². The Hall–Kier alpha value is -1.37. The molecule has 0 fully saturated rings. The molecule has 3 aromatic carbocycles. The van der Waals surface area contributed by atoms with Crippen LogP contribution in [0.1, 0.15) is 44.4 Å². The molecular formula is C29H36SiZr. The maximum absolute atomic E-state index is 3.36. The summed E-state index contributed by atoms with van der Waals surface area (Å²) >= 11 is 1.74. The molecule has 0 N–H and O–H groups in total. The second-order valence-corrected chi connectivity index (χ2v) is 18.2. The maximum Gasteiger partial charge on any atom is -0.0393 e. The predicted octanol–water partition coefficient (Wildman–Crippen LogP) is 8.66. The third-order valence-electron chi connectivity index (χ3n) is 6.27. The van der Waals surface area contributed by atoms with Gasteiger partial charge in [-0.25, -0.2) is 5.57 Å². The maximum atomic E-state index is 3.36. The summed E-state index contributed by atoms with van der Waals surface area (Å²) in [5.74, 6) is 0.560. The van der Waals surface area contributed by atoms with E-state index < -0.39 is 0 Å². The standard InChI is InChI=1S/C18H17.C9H13.C2H6Si.Zr/c1-12-8-10-16(14(3)13(12)2)18-11-9-15-6-4-5-7-17(15)18;1-6-5-7(2)9(4)8(6)3;1-3-2;/h4-11H,1-3H3;6H,1-4H3;1-2H3;/q2*-1;;+2. The molecule has 0 heterocycles. The van der Waals surface area contributed by atoms with Crippen LogP contribution >= 0.6 is 0 Å². The van der Waals surface area contributed by atoms with Gasteiger partial charge < -0.3 is 0 Å². The van der Waals surface area contributed by atoms with Gasteiger partial charge in [0.1, 0.15) is 0 Å². The molecule has 0 amide bonds. The zero-order chi connectivity index (χ0) is 23.3. The van der Waals surface area contributed by atoms with E-state index in [9.17, 15) is 0 Å². The second-order valence-electron chi connectivity index (χ2n) is 8.81. The first kappa shape index (κ1) is 25.9. The average Bonchev–Trinajstić information content (AvgIpc) is 3.23. The molecule has 0 nitrogen and oxygen atoms in total. The van der Waals surface area contributed by atoms with Gasteiger partial charge in [-0.2, -0.15) is 11.1 Å². The minimum atomic E-state index is 0.210. The molecule has 0 aliphatic heterocycles. The van der Waals surface area contributed by atoms with Crippen LogP contribution in [-0.2, 0) is 23.3 Å². The Balaban J connectivity index is 0.000000220. The third-order valence-corrected chi connectivity index (χ3v) is 6.27. The molecule has 1 atom stereocenters. The number of rotatable bonds is 1. The minimum absolute atomic E-state index is 0.210. The molecular weight excluding hydrogens is 468 g/mol. The first-order valence-electron chi connectivity index (χ1n) is 11.1. The van der Waals surface area contributed by atoms with E-state index in [0.29, 0.717) is 5.92 Å². The Morgan fingerprint density at radius 1 is 0.871 bits per heavy atom. The number of aryl methyl sites for hydroxylation is 1. The van der Waals surface area contributed by atoms with Crippen LogP contribution in [0.3, 0.4) is 0 Å². The predicted molar refractivity (Wildman–Crippen MR) is 137 cm³/mol. The molecule has 0 aromatic heterocycles. The van der Waals surface area contributed by atoms with Gasteiger partial charge >= 0.3 is 41.9 Å².